The van der Waals surface area contributed by atoms with E-state index in [1.54, 1.807) is 30.3 Å². The van der Waals surface area contributed by atoms with Crippen LogP contribution in [0.2, 0.25) is 0 Å². The maximum Gasteiger partial charge on any atom is 0.290 e. The molecular formula is C28H22BrNO6. The zero-order valence-corrected chi connectivity index (χ0v) is 20.9. The number of phenols is 1. The van der Waals surface area contributed by atoms with Gasteiger partial charge in [-0.2, -0.15) is 0 Å². The smallest absolute Gasteiger partial charge is 0.290 e. The first-order chi connectivity index (χ1) is 17.4. The van der Waals surface area contributed by atoms with Gasteiger partial charge >= 0.3 is 0 Å². The van der Waals surface area contributed by atoms with Crippen LogP contribution < -0.4 is 4.74 Å². The van der Waals surface area contributed by atoms with Crippen LogP contribution in [-0.2, 0) is 11.2 Å². The second kappa shape index (κ2) is 9.54. The van der Waals surface area contributed by atoms with Gasteiger partial charge in [-0.25, -0.2) is 0 Å². The minimum Gasteiger partial charge on any atom is -0.503 e. The second-order valence-corrected chi connectivity index (χ2v) is 9.28. The fraction of sp³-hybridized carbons (Fsp3) is 0.143. The van der Waals surface area contributed by atoms with E-state index >= 15 is 0 Å². The summed E-state index contributed by atoms with van der Waals surface area (Å²) < 4.78 is 11.4. The van der Waals surface area contributed by atoms with Crippen LogP contribution in [0.5, 0.6) is 11.5 Å². The van der Waals surface area contributed by atoms with Crippen molar-refractivity contribution in [2.75, 3.05) is 13.7 Å². The summed E-state index contributed by atoms with van der Waals surface area (Å²) in [6, 6.07) is 20.6. The molecule has 1 unspecified atom stereocenters. The number of carbonyl (C=O) groups excluding carboxylic acids is 2. The van der Waals surface area contributed by atoms with Crippen molar-refractivity contribution < 1.29 is 29.0 Å². The number of methoxy groups -OCH3 is 1. The molecule has 1 aliphatic heterocycles. The van der Waals surface area contributed by atoms with Crippen LogP contribution in [0.25, 0.3) is 11.0 Å². The van der Waals surface area contributed by atoms with Gasteiger partial charge < -0.3 is 24.3 Å². The first kappa shape index (κ1) is 23.7. The number of carbonyl (C=O) groups is 2. The molecule has 0 aliphatic carbocycles. The Bertz CT molecular complexity index is 1470. The number of halogens is 1. The van der Waals surface area contributed by atoms with Gasteiger partial charge in [0.05, 0.1) is 23.2 Å². The molecular weight excluding hydrogens is 526 g/mol. The van der Waals surface area contributed by atoms with Gasteiger partial charge in [0.25, 0.3) is 5.91 Å². The summed E-state index contributed by atoms with van der Waals surface area (Å²) in [5.74, 6) is -1.80. The Hall–Kier alpha value is -4.04. The number of Topliss-reactive ketones (excluding diaryl/α,β-unsaturated/α-hetero) is 1. The molecule has 0 fully saturated rings. The molecule has 182 valence electrons. The van der Waals surface area contributed by atoms with Gasteiger partial charge in [-0.1, -0.05) is 48.5 Å². The Kier molecular flexibility index (Phi) is 6.28. The third-order valence-electron chi connectivity index (χ3n) is 6.27. The van der Waals surface area contributed by atoms with E-state index < -0.39 is 23.5 Å². The summed E-state index contributed by atoms with van der Waals surface area (Å²) in [6.07, 6.45) is 0.513. The van der Waals surface area contributed by atoms with E-state index in [1.165, 1.54) is 12.0 Å². The minimum absolute atomic E-state index is 0.0188. The van der Waals surface area contributed by atoms with E-state index in [2.05, 4.69) is 15.9 Å². The summed E-state index contributed by atoms with van der Waals surface area (Å²) >= 11 is 3.32. The molecule has 1 amide bonds. The topological polar surface area (TPSA) is 100 Å². The third-order valence-corrected chi connectivity index (χ3v) is 6.87. The molecule has 5 rings (SSSR count). The standard InChI is InChI=1S/C28H22BrNO6/c1-35-21-15-18(13-19(29)25(21)31)24-23(26(32)22-14-17-9-5-6-10-20(17)36-22)27(33)28(34)30(24)12-11-16-7-3-2-4-8-16/h2-10,13-15,24,31,33H,11-12H2,1H3. The Morgan fingerprint density at radius 2 is 1.78 bits per heavy atom. The van der Waals surface area contributed by atoms with Crippen LogP contribution in [0.1, 0.15) is 27.7 Å². The number of hydrogen-bond donors (Lipinski definition) is 2. The van der Waals surface area contributed by atoms with Crippen molar-refractivity contribution >= 4 is 38.6 Å². The summed E-state index contributed by atoms with van der Waals surface area (Å²) in [6.45, 7) is 0.245. The number of furan rings is 1. The van der Waals surface area contributed by atoms with Gasteiger partial charge in [0.2, 0.25) is 5.78 Å². The predicted octanol–water partition coefficient (Wildman–Crippen LogP) is 5.73. The van der Waals surface area contributed by atoms with Crippen molar-refractivity contribution in [3.8, 4) is 11.5 Å². The molecule has 8 heteroatoms. The maximum atomic E-state index is 13.7. The van der Waals surface area contributed by atoms with Gasteiger partial charge in [0, 0.05) is 11.9 Å². The van der Waals surface area contributed by atoms with Gasteiger partial charge in [0.15, 0.2) is 23.0 Å². The highest BCUT2D eigenvalue weighted by Crippen LogP contribution is 2.44. The molecule has 1 atom stereocenters. The number of ketones is 1. The monoisotopic (exact) mass is 547 g/mol. The van der Waals surface area contributed by atoms with E-state index in [4.69, 9.17) is 9.15 Å². The number of aromatic hydroxyl groups is 1. The predicted molar refractivity (Wildman–Crippen MR) is 137 cm³/mol. The van der Waals surface area contributed by atoms with Gasteiger partial charge in [-0.3, -0.25) is 9.59 Å². The number of rotatable bonds is 7. The third kappa shape index (κ3) is 4.13. The molecule has 7 nitrogen and oxygen atoms in total. The quantitative estimate of drug-likeness (QED) is 0.286. The van der Waals surface area contributed by atoms with Crippen molar-refractivity contribution in [2.24, 2.45) is 0 Å². The Morgan fingerprint density at radius 1 is 1.06 bits per heavy atom. The van der Waals surface area contributed by atoms with Crippen LogP contribution >= 0.6 is 15.9 Å². The highest BCUT2D eigenvalue weighted by Gasteiger charge is 2.44. The number of aliphatic hydroxyl groups excluding tert-OH is 1. The zero-order chi connectivity index (χ0) is 25.4. The molecule has 2 heterocycles. The highest BCUT2D eigenvalue weighted by atomic mass is 79.9. The van der Waals surface area contributed by atoms with E-state index in [9.17, 15) is 19.8 Å². The fourth-order valence-electron chi connectivity index (χ4n) is 4.49. The largest absolute Gasteiger partial charge is 0.503 e. The zero-order valence-electron chi connectivity index (χ0n) is 19.3. The number of benzene rings is 3. The molecule has 36 heavy (non-hydrogen) atoms. The average molecular weight is 548 g/mol. The van der Waals surface area contributed by atoms with Crippen LogP contribution in [0, 0.1) is 0 Å². The minimum atomic E-state index is -0.923. The Morgan fingerprint density at radius 3 is 2.50 bits per heavy atom. The second-order valence-electron chi connectivity index (χ2n) is 8.43. The molecule has 3 aromatic carbocycles. The van der Waals surface area contributed by atoms with Crippen LogP contribution in [-0.4, -0.2) is 40.5 Å². The molecule has 1 aromatic heterocycles. The fourth-order valence-corrected chi connectivity index (χ4v) is 4.95. The van der Waals surface area contributed by atoms with Crippen LogP contribution in [0.15, 0.2) is 93.0 Å². The first-order valence-corrected chi connectivity index (χ1v) is 12.1. The van der Waals surface area contributed by atoms with Crippen molar-refractivity contribution in [1.82, 2.24) is 4.90 Å². The molecule has 1 aliphatic rings. The lowest BCUT2D eigenvalue weighted by Gasteiger charge is -2.27. The first-order valence-electron chi connectivity index (χ1n) is 11.3. The highest BCUT2D eigenvalue weighted by molar-refractivity contribution is 9.10. The molecule has 0 radical (unpaired) electrons. The number of aliphatic hydroxyl groups is 1. The SMILES string of the molecule is COc1cc(C2C(C(=O)c3cc4ccccc4o3)=C(O)C(=O)N2CCc2ccccc2)cc(Br)c1O. The summed E-state index contributed by atoms with van der Waals surface area (Å²) in [5, 5.41) is 22.0. The molecule has 0 bridgehead atoms. The summed E-state index contributed by atoms with van der Waals surface area (Å²) in [5.41, 5.74) is 1.93. The number of amides is 1. The number of para-hydroxylation sites is 1. The van der Waals surface area contributed by atoms with E-state index in [0.717, 1.165) is 10.9 Å². The lowest BCUT2D eigenvalue weighted by Crippen LogP contribution is -2.33. The van der Waals surface area contributed by atoms with Crippen molar-refractivity contribution in [2.45, 2.75) is 12.5 Å². The van der Waals surface area contributed by atoms with Crippen molar-refractivity contribution in [3.63, 3.8) is 0 Å². The Labute approximate surface area is 215 Å². The van der Waals surface area contributed by atoms with E-state index in [-0.39, 0.29) is 29.4 Å². The number of fused-ring (bicyclic) bond motifs is 1. The van der Waals surface area contributed by atoms with Gasteiger partial charge in [0.1, 0.15) is 5.58 Å². The number of phenolic OH excluding ortho intramolecular Hbond substituents is 1. The van der Waals surface area contributed by atoms with Gasteiger partial charge in [-0.15, -0.1) is 0 Å². The summed E-state index contributed by atoms with van der Waals surface area (Å²) in [4.78, 5) is 28.4. The lowest BCUT2D eigenvalue weighted by molar-refractivity contribution is -0.129. The number of nitrogens with zero attached hydrogens (tertiary/aromatic N) is 1. The maximum absolute atomic E-state index is 13.7. The number of hydrogen-bond acceptors (Lipinski definition) is 6. The van der Waals surface area contributed by atoms with Crippen LogP contribution in [0.4, 0.5) is 0 Å². The summed E-state index contributed by atoms with van der Waals surface area (Å²) in [7, 11) is 1.41. The molecule has 4 aromatic rings. The molecule has 0 saturated heterocycles. The normalized spacial score (nSPS) is 15.7. The average Bonchev–Trinajstić information content (AvgIpc) is 3.44. The van der Waals surface area contributed by atoms with E-state index in [1.807, 2.05) is 42.5 Å². The van der Waals surface area contributed by atoms with Crippen LogP contribution in [0.3, 0.4) is 0 Å². The van der Waals surface area contributed by atoms with Crippen molar-refractivity contribution in [1.29, 1.82) is 0 Å². The number of ether oxygens (including phenoxy) is 1. The van der Waals surface area contributed by atoms with Crippen molar-refractivity contribution in [3.05, 3.63) is 105 Å². The molecule has 0 saturated carbocycles. The molecule has 0 spiro atoms. The van der Waals surface area contributed by atoms with Gasteiger partial charge in [-0.05, 0) is 57.7 Å². The Balaban J connectivity index is 1.60. The lowest BCUT2D eigenvalue weighted by atomic mass is 9.94. The molecule has 2 N–H and O–H groups in total. The van der Waals surface area contributed by atoms with E-state index in [0.29, 0.717) is 22.0 Å².